The molecule has 6 heteroatoms. The van der Waals surface area contributed by atoms with E-state index in [-0.39, 0.29) is 0 Å². The van der Waals surface area contributed by atoms with Crippen LogP contribution in [0.3, 0.4) is 0 Å². The van der Waals surface area contributed by atoms with E-state index in [1.54, 1.807) is 19.9 Å². The smallest absolute Gasteiger partial charge is 0.229 e. The number of nitrogens with zero attached hydrogens (tertiary/aromatic N) is 1. The van der Waals surface area contributed by atoms with E-state index >= 15 is 0 Å². The van der Waals surface area contributed by atoms with Crippen molar-refractivity contribution in [2.24, 2.45) is 11.1 Å². The number of amides is 2. The molecule has 0 fully saturated rings. The molecule has 91 valence electrons. The minimum atomic E-state index is -1.01. The highest BCUT2D eigenvalue weighted by Gasteiger charge is 2.28. The molecule has 0 aliphatic carbocycles. The number of carbonyl (C=O) groups is 2. The number of pyridine rings is 1. The number of carbonyl (C=O) groups excluding carboxylic acids is 2. The number of nitrogens with two attached hydrogens (primary N) is 2. The van der Waals surface area contributed by atoms with Crippen LogP contribution in [0.25, 0.3) is 0 Å². The van der Waals surface area contributed by atoms with Crippen molar-refractivity contribution in [3.63, 3.8) is 0 Å². The zero-order valence-corrected chi connectivity index (χ0v) is 9.73. The fraction of sp³-hybridized carbons (Fsp3) is 0.273. The van der Waals surface area contributed by atoms with Gasteiger partial charge < -0.3 is 16.8 Å². The summed E-state index contributed by atoms with van der Waals surface area (Å²) in [6.07, 6.45) is 4.15. The Labute approximate surface area is 99.4 Å². The fourth-order valence-electron chi connectivity index (χ4n) is 1.08. The number of rotatable bonds is 4. The van der Waals surface area contributed by atoms with Gasteiger partial charge >= 0.3 is 0 Å². The summed E-state index contributed by atoms with van der Waals surface area (Å²) in [5, 5.41) is 2.53. The van der Waals surface area contributed by atoms with E-state index in [0.29, 0.717) is 11.4 Å². The third-order valence-corrected chi connectivity index (χ3v) is 2.24. The molecule has 2 amide bonds. The van der Waals surface area contributed by atoms with E-state index in [9.17, 15) is 9.59 Å². The van der Waals surface area contributed by atoms with Gasteiger partial charge in [0.2, 0.25) is 11.8 Å². The second-order valence-corrected chi connectivity index (χ2v) is 4.18. The highest BCUT2D eigenvalue weighted by Crippen LogP contribution is 2.21. The van der Waals surface area contributed by atoms with E-state index < -0.39 is 17.2 Å². The summed E-state index contributed by atoms with van der Waals surface area (Å²) in [5.41, 5.74) is 10.6. The van der Waals surface area contributed by atoms with Crippen molar-refractivity contribution >= 4 is 23.2 Å². The van der Waals surface area contributed by atoms with E-state index in [0.717, 1.165) is 0 Å². The number of anilines is 2. The summed E-state index contributed by atoms with van der Waals surface area (Å²) >= 11 is 0. The molecule has 1 aromatic heterocycles. The first kappa shape index (κ1) is 13.0. The van der Waals surface area contributed by atoms with Gasteiger partial charge in [-0.1, -0.05) is 13.8 Å². The van der Waals surface area contributed by atoms with Crippen molar-refractivity contribution in [3.8, 4) is 0 Å². The van der Waals surface area contributed by atoms with E-state index in [2.05, 4.69) is 10.3 Å². The lowest BCUT2D eigenvalue weighted by molar-refractivity contribution is -0.127. The van der Waals surface area contributed by atoms with Crippen molar-refractivity contribution in [3.05, 3.63) is 24.9 Å². The minimum absolute atomic E-state index is 0.397. The highest BCUT2D eigenvalue weighted by atomic mass is 16.2. The van der Waals surface area contributed by atoms with Gasteiger partial charge in [-0.15, -0.1) is 0 Å². The topological polar surface area (TPSA) is 111 Å². The van der Waals surface area contributed by atoms with Gasteiger partial charge in [0.25, 0.3) is 0 Å². The number of aromatic nitrogens is 1. The Bertz CT molecular complexity index is 443. The Balaban J connectivity index is 2.69. The Kier molecular flexibility index (Phi) is 3.67. The lowest BCUT2D eigenvalue weighted by atomic mass is 9.88. The standard InChI is InChI=1S/C11H15N4O2/c1-11(2,10(13)17)5-9(16)15-8-6-14-4-3-7(8)12/h3-6H,1-2H3,(H2,12,14)(H2,13,17)(H,15,16). The van der Waals surface area contributed by atoms with Gasteiger partial charge in [-0.2, -0.15) is 0 Å². The van der Waals surface area contributed by atoms with Crippen LogP contribution in [-0.2, 0) is 9.59 Å². The summed E-state index contributed by atoms with van der Waals surface area (Å²) in [7, 11) is 0. The van der Waals surface area contributed by atoms with Crippen LogP contribution in [0.1, 0.15) is 13.8 Å². The van der Waals surface area contributed by atoms with Crippen molar-refractivity contribution in [1.82, 2.24) is 4.98 Å². The van der Waals surface area contributed by atoms with Crippen molar-refractivity contribution in [2.75, 3.05) is 11.1 Å². The van der Waals surface area contributed by atoms with Gasteiger partial charge in [0.05, 0.1) is 29.4 Å². The maximum atomic E-state index is 11.6. The molecule has 0 saturated heterocycles. The molecule has 0 saturated carbocycles. The Morgan fingerprint density at radius 3 is 2.65 bits per heavy atom. The first-order valence-electron chi connectivity index (χ1n) is 4.99. The average molecular weight is 235 g/mol. The van der Waals surface area contributed by atoms with Crippen LogP contribution < -0.4 is 16.8 Å². The maximum Gasteiger partial charge on any atom is 0.229 e. The van der Waals surface area contributed by atoms with E-state index in [4.69, 9.17) is 11.5 Å². The predicted octanol–water partition coefficient (Wildman–Crippen LogP) is 0.318. The molecule has 5 N–H and O–H groups in total. The summed E-state index contributed by atoms with van der Waals surface area (Å²) in [4.78, 5) is 26.5. The second-order valence-electron chi connectivity index (χ2n) is 4.18. The van der Waals surface area contributed by atoms with Gasteiger partial charge in [-0.3, -0.25) is 14.6 Å². The Morgan fingerprint density at radius 2 is 2.12 bits per heavy atom. The van der Waals surface area contributed by atoms with Crippen molar-refractivity contribution in [1.29, 1.82) is 0 Å². The number of nitrogen functional groups attached to an aromatic ring is 1. The molecule has 1 rings (SSSR count). The van der Waals surface area contributed by atoms with Gasteiger partial charge in [-0.25, -0.2) is 0 Å². The quantitative estimate of drug-likeness (QED) is 0.697. The van der Waals surface area contributed by atoms with Crippen LogP contribution in [0.2, 0.25) is 0 Å². The highest BCUT2D eigenvalue weighted by molar-refractivity contribution is 6.03. The molecular weight excluding hydrogens is 220 g/mol. The molecule has 0 bridgehead atoms. The normalized spacial score (nSPS) is 10.9. The summed E-state index contributed by atoms with van der Waals surface area (Å²) in [5.74, 6) is -1.03. The molecule has 0 aromatic carbocycles. The lowest BCUT2D eigenvalue weighted by Gasteiger charge is -2.19. The van der Waals surface area contributed by atoms with Crippen molar-refractivity contribution in [2.45, 2.75) is 13.8 Å². The molecule has 0 aliphatic heterocycles. The van der Waals surface area contributed by atoms with Crippen molar-refractivity contribution < 1.29 is 9.59 Å². The minimum Gasteiger partial charge on any atom is -0.397 e. The van der Waals surface area contributed by atoms with Crippen LogP contribution in [0.5, 0.6) is 0 Å². The largest absolute Gasteiger partial charge is 0.397 e. The summed E-state index contributed by atoms with van der Waals surface area (Å²) < 4.78 is 0. The SMILES string of the molecule is CC(C)([CH]C(=O)Nc1cnccc1N)C(N)=O. The zero-order valence-electron chi connectivity index (χ0n) is 9.73. The average Bonchev–Trinajstić information content (AvgIpc) is 2.20. The number of hydrogen-bond donors (Lipinski definition) is 3. The molecule has 0 aliphatic rings. The van der Waals surface area contributed by atoms with Gasteiger partial charge in [-0.05, 0) is 6.07 Å². The third-order valence-electron chi connectivity index (χ3n) is 2.24. The third kappa shape index (κ3) is 3.44. The molecule has 0 spiro atoms. The Hall–Kier alpha value is -2.11. The maximum absolute atomic E-state index is 11.6. The Morgan fingerprint density at radius 1 is 1.47 bits per heavy atom. The van der Waals surface area contributed by atoms with Crippen LogP contribution in [0.15, 0.2) is 18.5 Å². The first-order valence-corrected chi connectivity index (χ1v) is 4.99. The number of nitrogens with one attached hydrogen (secondary N) is 1. The number of primary amides is 1. The van der Waals surface area contributed by atoms with Crippen LogP contribution in [0.4, 0.5) is 11.4 Å². The fourth-order valence-corrected chi connectivity index (χ4v) is 1.08. The molecule has 0 atom stereocenters. The molecule has 17 heavy (non-hydrogen) atoms. The van der Waals surface area contributed by atoms with Crippen LogP contribution >= 0.6 is 0 Å². The van der Waals surface area contributed by atoms with Gasteiger partial charge in [0.15, 0.2) is 0 Å². The second kappa shape index (κ2) is 4.82. The molecular formula is C11H15N4O2. The van der Waals surface area contributed by atoms with E-state index in [1.165, 1.54) is 18.8 Å². The first-order chi connectivity index (χ1) is 7.83. The molecule has 1 radical (unpaired) electrons. The van der Waals surface area contributed by atoms with Crippen LogP contribution in [-0.4, -0.2) is 16.8 Å². The molecule has 0 unspecified atom stereocenters. The molecule has 1 aromatic rings. The number of hydrogen-bond acceptors (Lipinski definition) is 4. The van der Waals surface area contributed by atoms with Gasteiger partial charge in [0.1, 0.15) is 0 Å². The predicted molar refractivity (Wildman–Crippen MR) is 64.6 cm³/mol. The lowest BCUT2D eigenvalue weighted by Crippen LogP contribution is -2.35. The molecule has 6 nitrogen and oxygen atoms in total. The monoisotopic (exact) mass is 235 g/mol. The summed E-state index contributed by atoms with van der Waals surface area (Å²) in [6.45, 7) is 3.11. The van der Waals surface area contributed by atoms with Crippen LogP contribution in [0, 0.1) is 11.8 Å². The zero-order chi connectivity index (χ0) is 13.1. The van der Waals surface area contributed by atoms with E-state index in [1.807, 2.05) is 0 Å². The van der Waals surface area contributed by atoms with Gasteiger partial charge in [0, 0.05) is 6.20 Å². The molecule has 1 heterocycles. The summed E-state index contributed by atoms with van der Waals surface area (Å²) in [6, 6.07) is 1.56.